The average Bonchev–Trinajstić information content (AvgIpc) is 2.36. The number of hydrogen-bond donors (Lipinski definition) is 0. The van der Waals surface area contributed by atoms with Gasteiger partial charge in [0.1, 0.15) is 11.5 Å². The van der Waals surface area contributed by atoms with Crippen molar-refractivity contribution in [1.82, 2.24) is 0 Å². The van der Waals surface area contributed by atoms with Gasteiger partial charge in [-0.1, -0.05) is 6.07 Å². The Morgan fingerprint density at radius 1 is 1.20 bits per heavy atom. The van der Waals surface area contributed by atoms with Gasteiger partial charge in [-0.2, -0.15) is 21.6 Å². The van der Waals surface area contributed by atoms with E-state index in [2.05, 4.69) is 4.18 Å². The molecule has 0 amide bonds. The molecule has 0 fully saturated rings. The van der Waals surface area contributed by atoms with Gasteiger partial charge in [0.15, 0.2) is 0 Å². The first-order chi connectivity index (χ1) is 9.23. The molecule has 8 heteroatoms. The van der Waals surface area contributed by atoms with Crippen LogP contribution in [-0.4, -0.2) is 21.0 Å². The van der Waals surface area contributed by atoms with E-state index in [0.29, 0.717) is 17.7 Å². The fourth-order valence-electron chi connectivity index (χ4n) is 1.82. The van der Waals surface area contributed by atoms with E-state index in [1.54, 1.807) is 18.2 Å². The lowest BCUT2D eigenvalue weighted by molar-refractivity contribution is -0.0522. The van der Waals surface area contributed by atoms with Gasteiger partial charge in [0, 0.05) is 6.42 Å². The van der Waals surface area contributed by atoms with Crippen molar-refractivity contribution >= 4 is 16.2 Å². The van der Waals surface area contributed by atoms with Crippen molar-refractivity contribution in [2.75, 3.05) is 7.11 Å². The highest BCUT2D eigenvalue weighted by atomic mass is 32.2. The smallest absolute Gasteiger partial charge is 0.497 e. The fraction of sp³-hybridized carbons (Fsp3) is 0.333. The minimum atomic E-state index is -5.62. The number of aryl methyl sites for hydroxylation is 1. The molecule has 0 unspecified atom stereocenters. The molecular formula is C12H11F3O4S. The van der Waals surface area contributed by atoms with Gasteiger partial charge in [0.05, 0.1) is 7.11 Å². The van der Waals surface area contributed by atoms with Crippen molar-refractivity contribution in [3.63, 3.8) is 0 Å². The summed E-state index contributed by atoms with van der Waals surface area (Å²) >= 11 is 0. The molecular weight excluding hydrogens is 297 g/mol. The highest BCUT2D eigenvalue weighted by molar-refractivity contribution is 7.87. The van der Waals surface area contributed by atoms with E-state index in [1.165, 1.54) is 13.2 Å². The van der Waals surface area contributed by atoms with Crippen LogP contribution in [0.15, 0.2) is 24.0 Å². The van der Waals surface area contributed by atoms with Gasteiger partial charge >= 0.3 is 15.6 Å². The Hall–Kier alpha value is -1.70. The van der Waals surface area contributed by atoms with Crippen LogP contribution in [0.1, 0.15) is 17.5 Å². The molecule has 1 aromatic carbocycles. The van der Waals surface area contributed by atoms with Crippen LogP contribution in [0.4, 0.5) is 13.2 Å². The third kappa shape index (κ3) is 2.90. The summed E-state index contributed by atoms with van der Waals surface area (Å²) in [5, 5.41) is 0. The van der Waals surface area contributed by atoms with Crippen LogP contribution in [0.3, 0.4) is 0 Å². The SMILES string of the molecule is COc1ccc2c(c1)C=C(OS(=O)(=O)C(F)(F)F)CC2. The highest BCUT2D eigenvalue weighted by Crippen LogP contribution is 2.32. The van der Waals surface area contributed by atoms with E-state index >= 15 is 0 Å². The maximum Gasteiger partial charge on any atom is 0.534 e. The Kier molecular flexibility index (Phi) is 3.68. The number of ether oxygens (including phenoxy) is 1. The lowest BCUT2D eigenvalue weighted by Crippen LogP contribution is -2.25. The molecule has 0 aliphatic heterocycles. The van der Waals surface area contributed by atoms with Crippen LogP contribution in [0.5, 0.6) is 5.75 Å². The van der Waals surface area contributed by atoms with Gasteiger partial charge in [-0.05, 0) is 35.8 Å². The summed E-state index contributed by atoms with van der Waals surface area (Å²) in [5.74, 6) is 0.294. The number of methoxy groups -OCH3 is 1. The third-order valence-corrected chi connectivity index (χ3v) is 3.81. The van der Waals surface area contributed by atoms with Crippen molar-refractivity contribution in [3.05, 3.63) is 35.1 Å². The van der Waals surface area contributed by atoms with Gasteiger partial charge in [-0.25, -0.2) is 0 Å². The van der Waals surface area contributed by atoms with E-state index in [1.807, 2.05) is 0 Å². The number of rotatable bonds is 3. The first kappa shape index (κ1) is 14.7. The summed E-state index contributed by atoms with van der Waals surface area (Å²) in [4.78, 5) is 0. The summed E-state index contributed by atoms with van der Waals surface area (Å²) in [6.07, 6.45) is 1.78. The molecule has 20 heavy (non-hydrogen) atoms. The summed E-state index contributed by atoms with van der Waals surface area (Å²) in [6.45, 7) is 0. The summed E-state index contributed by atoms with van der Waals surface area (Å²) in [7, 11) is -4.16. The minimum Gasteiger partial charge on any atom is -0.497 e. The summed E-state index contributed by atoms with van der Waals surface area (Å²) in [6, 6.07) is 5.11. The molecule has 0 radical (unpaired) electrons. The quantitative estimate of drug-likeness (QED) is 0.636. The monoisotopic (exact) mass is 308 g/mol. The molecule has 1 aliphatic carbocycles. The zero-order valence-electron chi connectivity index (χ0n) is 10.4. The maximum absolute atomic E-state index is 12.2. The Morgan fingerprint density at radius 2 is 1.90 bits per heavy atom. The molecule has 4 nitrogen and oxygen atoms in total. The summed E-state index contributed by atoms with van der Waals surface area (Å²) in [5.41, 5.74) is -3.95. The van der Waals surface area contributed by atoms with Crippen LogP contribution < -0.4 is 4.74 Å². The van der Waals surface area contributed by atoms with Crippen LogP contribution >= 0.6 is 0 Å². The first-order valence-corrected chi connectivity index (χ1v) is 7.02. The van der Waals surface area contributed by atoms with Crippen LogP contribution in [0.2, 0.25) is 0 Å². The standard InChI is InChI=1S/C12H11F3O4S/c1-18-10-4-2-8-3-5-11(7-9(8)6-10)19-20(16,17)12(13,14)15/h2,4,6-7H,3,5H2,1H3. The van der Waals surface area contributed by atoms with Crippen LogP contribution in [0, 0.1) is 0 Å². The predicted molar refractivity (Wildman–Crippen MR) is 65.4 cm³/mol. The normalized spacial score (nSPS) is 15.3. The molecule has 1 aliphatic rings. The second-order valence-electron chi connectivity index (χ2n) is 4.16. The van der Waals surface area contributed by atoms with Crippen molar-refractivity contribution in [1.29, 1.82) is 0 Å². The largest absolute Gasteiger partial charge is 0.534 e. The van der Waals surface area contributed by atoms with E-state index in [4.69, 9.17) is 4.74 Å². The van der Waals surface area contributed by atoms with Gasteiger partial charge in [0.2, 0.25) is 0 Å². The van der Waals surface area contributed by atoms with Gasteiger partial charge in [0.25, 0.3) is 0 Å². The molecule has 2 rings (SSSR count). The number of allylic oxidation sites excluding steroid dienone is 1. The molecule has 0 atom stereocenters. The van der Waals surface area contributed by atoms with E-state index in [-0.39, 0.29) is 12.2 Å². The molecule has 0 aromatic heterocycles. The van der Waals surface area contributed by atoms with Crippen molar-refractivity contribution < 1.29 is 30.5 Å². The number of benzene rings is 1. The first-order valence-electron chi connectivity index (χ1n) is 5.61. The highest BCUT2D eigenvalue weighted by Gasteiger charge is 2.48. The molecule has 1 aromatic rings. The lowest BCUT2D eigenvalue weighted by atomic mass is 9.96. The van der Waals surface area contributed by atoms with E-state index < -0.39 is 15.6 Å². The molecule has 0 saturated carbocycles. The van der Waals surface area contributed by atoms with Crippen molar-refractivity contribution in [3.8, 4) is 5.75 Å². The molecule has 0 N–H and O–H groups in total. The zero-order valence-corrected chi connectivity index (χ0v) is 11.2. The van der Waals surface area contributed by atoms with Crippen molar-refractivity contribution in [2.24, 2.45) is 0 Å². The number of halogens is 3. The number of alkyl halides is 3. The molecule has 0 spiro atoms. The Morgan fingerprint density at radius 3 is 2.50 bits per heavy atom. The van der Waals surface area contributed by atoms with Gasteiger partial charge < -0.3 is 8.92 Å². The van der Waals surface area contributed by atoms with Crippen LogP contribution in [-0.2, 0) is 20.7 Å². The van der Waals surface area contributed by atoms with Crippen molar-refractivity contribution in [2.45, 2.75) is 18.3 Å². The Balaban J connectivity index is 2.30. The Bertz CT molecular complexity index is 647. The van der Waals surface area contributed by atoms with Crippen LogP contribution in [0.25, 0.3) is 6.08 Å². The summed E-state index contributed by atoms with van der Waals surface area (Å²) < 4.78 is 67.8. The topological polar surface area (TPSA) is 52.6 Å². The number of fused-ring (bicyclic) bond motifs is 1. The molecule has 0 saturated heterocycles. The maximum atomic E-state index is 12.2. The second-order valence-corrected chi connectivity index (χ2v) is 5.70. The molecule has 110 valence electrons. The van der Waals surface area contributed by atoms with E-state index in [0.717, 1.165) is 5.56 Å². The second kappa shape index (κ2) is 5.01. The molecule has 0 heterocycles. The van der Waals surface area contributed by atoms with Gasteiger partial charge in [-0.3, -0.25) is 0 Å². The minimum absolute atomic E-state index is 0.0919. The Labute approximate surface area is 113 Å². The van der Waals surface area contributed by atoms with E-state index in [9.17, 15) is 21.6 Å². The van der Waals surface area contributed by atoms with Gasteiger partial charge in [-0.15, -0.1) is 0 Å². The molecule has 0 bridgehead atoms. The third-order valence-electron chi connectivity index (χ3n) is 2.81. The lowest BCUT2D eigenvalue weighted by Gasteiger charge is -2.18. The number of hydrogen-bond acceptors (Lipinski definition) is 4. The fourth-order valence-corrected chi connectivity index (χ4v) is 2.33. The zero-order chi connectivity index (χ0) is 15.0. The average molecular weight is 308 g/mol. The predicted octanol–water partition coefficient (Wildman–Crippen LogP) is 2.85.